The highest BCUT2D eigenvalue weighted by Crippen LogP contribution is 2.42. The van der Waals surface area contributed by atoms with Gasteiger partial charge in [0, 0.05) is 25.0 Å². The van der Waals surface area contributed by atoms with E-state index in [0.717, 1.165) is 26.0 Å². The van der Waals surface area contributed by atoms with Crippen LogP contribution >= 0.6 is 0 Å². The molecule has 104 valence electrons. The number of ether oxygens (including phenoxy) is 1. The van der Waals surface area contributed by atoms with Gasteiger partial charge in [0.25, 0.3) is 0 Å². The summed E-state index contributed by atoms with van der Waals surface area (Å²) in [5.41, 5.74) is 0.0694. The van der Waals surface area contributed by atoms with E-state index in [1.807, 2.05) is 0 Å². The molecule has 3 heteroatoms. The highest BCUT2D eigenvalue weighted by Gasteiger charge is 2.41. The van der Waals surface area contributed by atoms with Crippen LogP contribution < -0.4 is 5.32 Å². The van der Waals surface area contributed by atoms with Crippen LogP contribution in [-0.2, 0) is 9.53 Å². The predicted molar refractivity (Wildman–Crippen MR) is 72.6 cm³/mol. The maximum atomic E-state index is 12.3. The molecular weight excluding hydrogens is 226 g/mol. The van der Waals surface area contributed by atoms with Gasteiger partial charge < -0.3 is 10.1 Å². The third-order valence-electron chi connectivity index (χ3n) is 4.52. The summed E-state index contributed by atoms with van der Waals surface area (Å²) in [4.78, 5) is 12.3. The lowest BCUT2D eigenvalue weighted by atomic mass is 9.81. The number of rotatable bonds is 5. The first kappa shape index (κ1) is 14.0. The summed E-state index contributed by atoms with van der Waals surface area (Å²) in [5, 5.41) is 3.32. The van der Waals surface area contributed by atoms with E-state index in [4.69, 9.17) is 4.74 Å². The average molecular weight is 253 g/mol. The number of carbonyl (C=O) groups excluding carboxylic acids is 1. The number of ketones is 1. The summed E-state index contributed by atoms with van der Waals surface area (Å²) in [7, 11) is 0. The Labute approximate surface area is 111 Å². The van der Waals surface area contributed by atoms with Gasteiger partial charge in [-0.15, -0.1) is 0 Å². The molecule has 1 saturated heterocycles. The second-order valence-electron chi connectivity index (χ2n) is 6.06. The maximum Gasteiger partial charge on any atom is 0.137 e. The molecule has 2 rings (SSSR count). The van der Waals surface area contributed by atoms with Gasteiger partial charge in [-0.05, 0) is 39.2 Å². The van der Waals surface area contributed by atoms with E-state index < -0.39 is 0 Å². The van der Waals surface area contributed by atoms with E-state index in [2.05, 4.69) is 19.2 Å². The van der Waals surface area contributed by atoms with Crippen LogP contribution in [0.25, 0.3) is 0 Å². The zero-order chi connectivity index (χ0) is 13.0. The topological polar surface area (TPSA) is 38.3 Å². The zero-order valence-corrected chi connectivity index (χ0v) is 11.8. The molecule has 0 bridgehead atoms. The standard InChI is InChI=1S/C15H27NO2/c1-3-16-12(2)10-14(17)13-6-9-18-15(11-13)7-4-5-8-15/h12-13,16H,3-11H2,1-2H3. The first-order valence-electron chi connectivity index (χ1n) is 7.55. The summed E-state index contributed by atoms with van der Waals surface area (Å²) in [6.07, 6.45) is 7.46. The minimum atomic E-state index is 0.0694. The van der Waals surface area contributed by atoms with Gasteiger partial charge in [0.15, 0.2) is 0 Å². The number of hydrogen-bond acceptors (Lipinski definition) is 3. The van der Waals surface area contributed by atoms with E-state index >= 15 is 0 Å². The van der Waals surface area contributed by atoms with Crippen molar-refractivity contribution in [1.29, 1.82) is 0 Å². The number of carbonyl (C=O) groups is 1. The van der Waals surface area contributed by atoms with Crippen molar-refractivity contribution in [3.63, 3.8) is 0 Å². The molecule has 18 heavy (non-hydrogen) atoms. The molecule has 1 aliphatic carbocycles. The van der Waals surface area contributed by atoms with Crippen molar-refractivity contribution in [3.8, 4) is 0 Å². The zero-order valence-electron chi connectivity index (χ0n) is 11.8. The minimum Gasteiger partial charge on any atom is -0.375 e. The Bertz CT molecular complexity index is 284. The van der Waals surface area contributed by atoms with Crippen molar-refractivity contribution in [2.75, 3.05) is 13.2 Å². The highest BCUT2D eigenvalue weighted by atomic mass is 16.5. The second-order valence-corrected chi connectivity index (χ2v) is 6.06. The van der Waals surface area contributed by atoms with Crippen molar-refractivity contribution in [2.45, 2.75) is 70.4 Å². The number of Topliss-reactive ketones (excluding diaryl/α,β-unsaturated/α-hetero) is 1. The van der Waals surface area contributed by atoms with Crippen LogP contribution in [0.15, 0.2) is 0 Å². The molecule has 2 unspecified atom stereocenters. The monoisotopic (exact) mass is 253 g/mol. The Morgan fingerprint density at radius 3 is 2.83 bits per heavy atom. The first-order valence-corrected chi connectivity index (χ1v) is 7.55. The summed E-state index contributed by atoms with van der Waals surface area (Å²) >= 11 is 0. The van der Waals surface area contributed by atoms with Crippen molar-refractivity contribution in [1.82, 2.24) is 5.32 Å². The fourth-order valence-electron chi connectivity index (χ4n) is 3.56. The smallest absolute Gasteiger partial charge is 0.137 e. The molecule has 0 amide bonds. The summed E-state index contributed by atoms with van der Waals surface area (Å²) in [6, 6.07) is 0.310. The van der Waals surface area contributed by atoms with Gasteiger partial charge in [-0.25, -0.2) is 0 Å². The van der Waals surface area contributed by atoms with Crippen LogP contribution in [0.4, 0.5) is 0 Å². The Morgan fingerprint density at radius 2 is 2.17 bits per heavy atom. The molecule has 2 atom stereocenters. The predicted octanol–water partition coefficient (Wildman–Crippen LogP) is 2.68. The average Bonchev–Trinajstić information content (AvgIpc) is 2.77. The third-order valence-corrected chi connectivity index (χ3v) is 4.52. The Kier molecular flexibility index (Phi) is 4.79. The van der Waals surface area contributed by atoms with Crippen LogP contribution in [0.5, 0.6) is 0 Å². The van der Waals surface area contributed by atoms with E-state index in [-0.39, 0.29) is 11.5 Å². The Morgan fingerprint density at radius 1 is 1.44 bits per heavy atom. The van der Waals surface area contributed by atoms with Gasteiger partial charge in [-0.1, -0.05) is 19.8 Å². The van der Waals surface area contributed by atoms with Crippen LogP contribution in [0.1, 0.15) is 58.8 Å². The SMILES string of the molecule is CCNC(C)CC(=O)C1CCOC2(CCCC2)C1. The lowest BCUT2D eigenvalue weighted by molar-refractivity contribution is -0.136. The third kappa shape index (κ3) is 3.33. The molecule has 0 aromatic carbocycles. The molecule has 2 aliphatic rings. The molecule has 1 spiro atoms. The summed E-state index contributed by atoms with van der Waals surface area (Å²) < 4.78 is 5.99. The second kappa shape index (κ2) is 6.16. The van der Waals surface area contributed by atoms with Crippen molar-refractivity contribution in [3.05, 3.63) is 0 Å². The molecule has 1 heterocycles. The lowest BCUT2D eigenvalue weighted by Crippen LogP contribution is -2.41. The van der Waals surface area contributed by atoms with Crippen LogP contribution in [0.3, 0.4) is 0 Å². The first-order chi connectivity index (χ1) is 8.65. The van der Waals surface area contributed by atoms with Crippen LogP contribution in [0.2, 0.25) is 0 Å². The minimum absolute atomic E-state index is 0.0694. The molecule has 3 nitrogen and oxygen atoms in total. The molecule has 2 fully saturated rings. The molecule has 1 aliphatic heterocycles. The normalized spacial score (nSPS) is 28.4. The van der Waals surface area contributed by atoms with E-state index in [1.54, 1.807) is 0 Å². The van der Waals surface area contributed by atoms with Gasteiger partial charge in [-0.3, -0.25) is 4.79 Å². The van der Waals surface area contributed by atoms with Gasteiger partial charge >= 0.3 is 0 Å². The fraction of sp³-hybridized carbons (Fsp3) is 0.933. The van der Waals surface area contributed by atoms with Gasteiger partial charge in [0.05, 0.1) is 5.60 Å². The van der Waals surface area contributed by atoms with Crippen molar-refractivity contribution in [2.24, 2.45) is 5.92 Å². The fourth-order valence-corrected chi connectivity index (χ4v) is 3.56. The van der Waals surface area contributed by atoms with Gasteiger partial charge in [0.2, 0.25) is 0 Å². The van der Waals surface area contributed by atoms with Crippen LogP contribution in [0, 0.1) is 5.92 Å². The molecule has 0 radical (unpaired) electrons. The molecule has 0 aromatic heterocycles. The molecular formula is C15H27NO2. The van der Waals surface area contributed by atoms with E-state index in [1.165, 1.54) is 25.7 Å². The number of hydrogen-bond donors (Lipinski definition) is 1. The Hall–Kier alpha value is -0.410. The summed E-state index contributed by atoms with van der Waals surface area (Å²) in [6.45, 7) is 5.91. The number of nitrogens with one attached hydrogen (secondary N) is 1. The molecule has 1 N–H and O–H groups in total. The van der Waals surface area contributed by atoms with Crippen molar-refractivity contribution >= 4 is 5.78 Å². The maximum absolute atomic E-state index is 12.3. The lowest BCUT2D eigenvalue weighted by Gasteiger charge is -2.38. The van der Waals surface area contributed by atoms with Gasteiger partial charge in [-0.2, -0.15) is 0 Å². The van der Waals surface area contributed by atoms with E-state index in [9.17, 15) is 4.79 Å². The van der Waals surface area contributed by atoms with E-state index in [0.29, 0.717) is 18.2 Å². The Balaban J connectivity index is 1.86. The molecule has 1 saturated carbocycles. The quantitative estimate of drug-likeness (QED) is 0.818. The van der Waals surface area contributed by atoms with Crippen LogP contribution in [-0.4, -0.2) is 30.6 Å². The largest absolute Gasteiger partial charge is 0.375 e. The molecule has 0 aromatic rings. The highest BCUT2D eigenvalue weighted by molar-refractivity contribution is 5.81. The van der Waals surface area contributed by atoms with Crippen molar-refractivity contribution < 1.29 is 9.53 Å². The summed E-state index contributed by atoms with van der Waals surface area (Å²) in [5.74, 6) is 0.691. The van der Waals surface area contributed by atoms with Gasteiger partial charge in [0.1, 0.15) is 5.78 Å².